The fourth-order valence-electron chi connectivity index (χ4n) is 2.73. The summed E-state index contributed by atoms with van der Waals surface area (Å²) < 4.78 is 7.62. The number of aromatic nitrogens is 2. The summed E-state index contributed by atoms with van der Waals surface area (Å²) in [6, 6.07) is 0.879. The molecular formula is C13H23N3O. The number of nitrogens with zero attached hydrogens (tertiary/aromatic N) is 2. The lowest BCUT2D eigenvalue weighted by Gasteiger charge is -2.24. The molecule has 1 aromatic heterocycles. The van der Waals surface area contributed by atoms with Gasteiger partial charge in [-0.25, -0.2) is 0 Å². The molecule has 2 heterocycles. The van der Waals surface area contributed by atoms with Crippen molar-refractivity contribution in [2.24, 2.45) is 0 Å². The van der Waals surface area contributed by atoms with E-state index in [2.05, 4.69) is 30.8 Å². The van der Waals surface area contributed by atoms with Gasteiger partial charge in [-0.3, -0.25) is 4.68 Å². The quantitative estimate of drug-likeness (QED) is 0.875. The van der Waals surface area contributed by atoms with Gasteiger partial charge < -0.3 is 10.1 Å². The van der Waals surface area contributed by atoms with Crippen LogP contribution in [0.15, 0.2) is 0 Å². The molecule has 4 heteroatoms. The molecule has 0 aromatic carbocycles. The molecule has 0 saturated carbocycles. The van der Waals surface area contributed by atoms with E-state index < -0.39 is 0 Å². The predicted octanol–water partition coefficient (Wildman–Crippen LogP) is 2.13. The first-order valence-electron chi connectivity index (χ1n) is 6.45. The van der Waals surface area contributed by atoms with Gasteiger partial charge in [-0.05, 0) is 40.7 Å². The third kappa shape index (κ3) is 2.38. The molecule has 17 heavy (non-hydrogen) atoms. The van der Waals surface area contributed by atoms with E-state index in [9.17, 15) is 0 Å². The summed E-state index contributed by atoms with van der Waals surface area (Å²) in [6.45, 7) is 8.19. The lowest BCUT2D eigenvalue weighted by molar-refractivity contribution is 0.0655. The van der Waals surface area contributed by atoms with Gasteiger partial charge in [0.15, 0.2) is 0 Å². The van der Waals surface area contributed by atoms with Crippen molar-refractivity contribution >= 4 is 0 Å². The number of hydrogen-bond donors (Lipinski definition) is 1. The van der Waals surface area contributed by atoms with Crippen molar-refractivity contribution in [2.45, 2.75) is 45.7 Å². The SMILES string of the molecule is CNC(C)c1c(C)nn(C2CCOCC2)c1C. The van der Waals surface area contributed by atoms with Gasteiger partial charge >= 0.3 is 0 Å². The van der Waals surface area contributed by atoms with Crippen molar-refractivity contribution in [1.29, 1.82) is 0 Å². The molecule has 96 valence electrons. The van der Waals surface area contributed by atoms with Crippen LogP contribution in [0.2, 0.25) is 0 Å². The standard InChI is InChI=1S/C13H23N3O/c1-9(14-4)13-10(2)15-16(11(13)3)12-5-7-17-8-6-12/h9,12,14H,5-8H2,1-4H3. The van der Waals surface area contributed by atoms with E-state index in [4.69, 9.17) is 9.84 Å². The van der Waals surface area contributed by atoms with Gasteiger partial charge in [-0.2, -0.15) is 5.10 Å². The molecule has 1 unspecified atom stereocenters. The molecule has 1 fully saturated rings. The Bertz CT molecular complexity index is 380. The molecule has 0 bridgehead atoms. The van der Waals surface area contributed by atoms with Crippen molar-refractivity contribution in [3.8, 4) is 0 Å². The molecule has 4 nitrogen and oxygen atoms in total. The smallest absolute Gasteiger partial charge is 0.0644 e. The van der Waals surface area contributed by atoms with Gasteiger partial charge in [-0.15, -0.1) is 0 Å². The van der Waals surface area contributed by atoms with E-state index in [-0.39, 0.29) is 0 Å². The van der Waals surface area contributed by atoms with Gasteiger partial charge in [-0.1, -0.05) is 0 Å². The summed E-state index contributed by atoms with van der Waals surface area (Å²) in [4.78, 5) is 0. The molecule has 0 amide bonds. The Morgan fingerprint density at radius 1 is 1.35 bits per heavy atom. The molecule has 0 radical (unpaired) electrons. The van der Waals surface area contributed by atoms with Gasteiger partial charge in [0.25, 0.3) is 0 Å². The summed E-state index contributed by atoms with van der Waals surface area (Å²) in [5.41, 5.74) is 3.80. The van der Waals surface area contributed by atoms with Crippen molar-refractivity contribution in [3.05, 3.63) is 17.0 Å². The molecule has 1 aliphatic heterocycles. The summed E-state index contributed by atoms with van der Waals surface area (Å²) >= 11 is 0. The number of aryl methyl sites for hydroxylation is 1. The Labute approximate surface area is 103 Å². The number of hydrogen-bond acceptors (Lipinski definition) is 3. The molecule has 1 aliphatic rings. The second-order valence-corrected chi connectivity index (χ2v) is 4.88. The third-order valence-electron chi connectivity index (χ3n) is 3.78. The average Bonchev–Trinajstić information content (AvgIpc) is 2.65. The molecule has 1 N–H and O–H groups in total. The van der Waals surface area contributed by atoms with E-state index in [0.717, 1.165) is 31.7 Å². The lowest BCUT2D eigenvalue weighted by Crippen LogP contribution is -2.22. The summed E-state index contributed by atoms with van der Waals surface area (Å²) in [6.07, 6.45) is 2.16. The molecule has 1 saturated heterocycles. The normalized spacial score (nSPS) is 19.5. The zero-order chi connectivity index (χ0) is 12.4. The van der Waals surface area contributed by atoms with Crippen molar-refractivity contribution in [2.75, 3.05) is 20.3 Å². The number of nitrogens with one attached hydrogen (secondary N) is 1. The zero-order valence-electron chi connectivity index (χ0n) is 11.3. The highest BCUT2D eigenvalue weighted by Gasteiger charge is 2.22. The Hall–Kier alpha value is -0.870. The highest BCUT2D eigenvalue weighted by molar-refractivity contribution is 5.28. The van der Waals surface area contributed by atoms with Crippen LogP contribution in [0.3, 0.4) is 0 Å². The van der Waals surface area contributed by atoms with Gasteiger partial charge in [0.2, 0.25) is 0 Å². The maximum absolute atomic E-state index is 5.41. The van der Waals surface area contributed by atoms with Crippen molar-refractivity contribution < 1.29 is 4.74 Å². The summed E-state index contributed by atoms with van der Waals surface area (Å²) in [5, 5.41) is 8.03. The van der Waals surface area contributed by atoms with Crippen LogP contribution in [0.4, 0.5) is 0 Å². The van der Waals surface area contributed by atoms with Gasteiger partial charge in [0.05, 0.1) is 11.7 Å². The van der Waals surface area contributed by atoms with Crippen LogP contribution in [0.25, 0.3) is 0 Å². The number of ether oxygens (including phenoxy) is 1. The van der Waals surface area contributed by atoms with E-state index in [0.29, 0.717) is 12.1 Å². The maximum Gasteiger partial charge on any atom is 0.0644 e. The minimum absolute atomic E-state index is 0.364. The minimum atomic E-state index is 0.364. The Kier molecular flexibility index (Phi) is 3.84. The van der Waals surface area contributed by atoms with E-state index in [1.54, 1.807) is 0 Å². The average molecular weight is 237 g/mol. The lowest BCUT2D eigenvalue weighted by atomic mass is 10.1. The fraction of sp³-hybridized carbons (Fsp3) is 0.769. The zero-order valence-corrected chi connectivity index (χ0v) is 11.3. The molecule has 0 aliphatic carbocycles. The Balaban J connectivity index is 2.29. The third-order valence-corrected chi connectivity index (χ3v) is 3.78. The van der Waals surface area contributed by atoms with Crippen LogP contribution in [-0.2, 0) is 4.74 Å². The van der Waals surface area contributed by atoms with Crippen LogP contribution >= 0.6 is 0 Å². The second kappa shape index (κ2) is 5.19. The summed E-state index contributed by atoms with van der Waals surface area (Å²) in [7, 11) is 2.00. The van der Waals surface area contributed by atoms with Crippen LogP contribution < -0.4 is 5.32 Å². The molecule has 1 atom stereocenters. The predicted molar refractivity (Wildman–Crippen MR) is 68.3 cm³/mol. The monoisotopic (exact) mass is 237 g/mol. The first kappa shape index (κ1) is 12.6. The Morgan fingerprint density at radius 3 is 2.59 bits per heavy atom. The van der Waals surface area contributed by atoms with E-state index >= 15 is 0 Å². The van der Waals surface area contributed by atoms with Crippen LogP contribution in [0.5, 0.6) is 0 Å². The highest BCUT2D eigenvalue weighted by atomic mass is 16.5. The highest BCUT2D eigenvalue weighted by Crippen LogP contribution is 2.27. The van der Waals surface area contributed by atoms with E-state index in [1.165, 1.54) is 11.3 Å². The fourth-order valence-corrected chi connectivity index (χ4v) is 2.73. The van der Waals surface area contributed by atoms with Crippen molar-refractivity contribution in [3.63, 3.8) is 0 Å². The topological polar surface area (TPSA) is 39.1 Å². The van der Waals surface area contributed by atoms with Crippen molar-refractivity contribution in [1.82, 2.24) is 15.1 Å². The van der Waals surface area contributed by atoms with Crippen LogP contribution in [0.1, 0.15) is 48.8 Å². The second-order valence-electron chi connectivity index (χ2n) is 4.88. The molecule has 0 spiro atoms. The molecule has 2 rings (SSSR count). The summed E-state index contributed by atoms with van der Waals surface area (Å²) in [5.74, 6) is 0. The molecular weight excluding hydrogens is 214 g/mol. The maximum atomic E-state index is 5.41. The number of rotatable bonds is 3. The van der Waals surface area contributed by atoms with Gasteiger partial charge in [0, 0.05) is 30.5 Å². The Morgan fingerprint density at radius 2 is 2.00 bits per heavy atom. The van der Waals surface area contributed by atoms with E-state index in [1.807, 2.05) is 7.05 Å². The van der Waals surface area contributed by atoms with Crippen LogP contribution in [-0.4, -0.2) is 30.0 Å². The van der Waals surface area contributed by atoms with Crippen LogP contribution in [0, 0.1) is 13.8 Å². The molecule has 1 aromatic rings. The minimum Gasteiger partial charge on any atom is -0.381 e. The largest absolute Gasteiger partial charge is 0.381 e. The first-order valence-corrected chi connectivity index (χ1v) is 6.45. The first-order chi connectivity index (χ1) is 8.15. The van der Waals surface area contributed by atoms with Gasteiger partial charge in [0.1, 0.15) is 0 Å².